The number of carbonyl (C=O) groups excluding carboxylic acids is 2. The van der Waals surface area contributed by atoms with Crippen molar-refractivity contribution in [2.75, 3.05) is 13.2 Å². The van der Waals surface area contributed by atoms with E-state index in [4.69, 9.17) is 14.2 Å². The Morgan fingerprint density at radius 1 is 0.900 bits per heavy atom. The molecule has 0 radical (unpaired) electrons. The van der Waals surface area contributed by atoms with Gasteiger partial charge in [-0.2, -0.15) is 0 Å². The Morgan fingerprint density at radius 3 is 2.33 bits per heavy atom. The van der Waals surface area contributed by atoms with E-state index in [9.17, 15) is 9.59 Å². The molecule has 0 heterocycles. The summed E-state index contributed by atoms with van der Waals surface area (Å²) in [7, 11) is 0. The maximum Gasteiger partial charge on any atom is 0.347 e. The molecule has 6 heteroatoms. The monoisotopic (exact) mass is 468 g/mol. The Morgan fingerprint density at radius 2 is 1.63 bits per heavy atom. The molecule has 30 heavy (non-hydrogen) atoms. The largest absolute Gasteiger partial charge is 0.492 e. The van der Waals surface area contributed by atoms with Gasteiger partial charge in [-0.25, -0.2) is 9.59 Å². The lowest BCUT2D eigenvalue weighted by molar-refractivity contribution is 0.0526. The zero-order chi connectivity index (χ0) is 21.3. The Bertz CT molecular complexity index is 1000. The van der Waals surface area contributed by atoms with E-state index in [1.54, 1.807) is 43.3 Å². The Kier molecular flexibility index (Phi) is 7.63. The second kappa shape index (κ2) is 10.6. The predicted molar refractivity (Wildman–Crippen MR) is 117 cm³/mol. The molecule has 3 rings (SSSR count). The van der Waals surface area contributed by atoms with Crippen LogP contribution in [0.5, 0.6) is 11.5 Å². The van der Waals surface area contributed by atoms with Gasteiger partial charge in [-0.3, -0.25) is 0 Å². The van der Waals surface area contributed by atoms with Crippen molar-refractivity contribution in [3.8, 4) is 11.5 Å². The van der Waals surface area contributed by atoms with Crippen molar-refractivity contribution in [2.24, 2.45) is 0 Å². The van der Waals surface area contributed by atoms with E-state index >= 15 is 0 Å². The molecule has 154 valence electrons. The van der Waals surface area contributed by atoms with Crippen LogP contribution >= 0.6 is 15.9 Å². The maximum absolute atomic E-state index is 12.7. The number of carbonyl (C=O) groups is 2. The molecule has 3 aromatic rings. The number of esters is 2. The molecule has 0 unspecified atom stereocenters. The highest BCUT2D eigenvalue weighted by Crippen LogP contribution is 2.25. The predicted octanol–water partition coefficient (Wildman–Crippen LogP) is 5.47. The second-order valence-electron chi connectivity index (χ2n) is 6.36. The van der Waals surface area contributed by atoms with Crippen molar-refractivity contribution in [3.05, 3.63) is 94.0 Å². The van der Waals surface area contributed by atoms with Gasteiger partial charge in [0, 0.05) is 10.9 Å². The number of halogens is 1. The van der Waals surface area contributed by atoms with Gasteiger partial charge in [0.05, 0.1) is 18.8 Å². The zero-order valence-electron chi connectivity index (χ0n) is 16.5. The first-order valence-corrected chi connectivity index (χ1v) is 10.3. The number of hydrogen-bond acceptors (Lipinski definition) is 5. The highest BCUT2D eigenvalue weighted by Gasteiger charge is 2.16. The van der Waals surface area contributed by atoms with Crippen molar-refractivity contribution in [2.45, 2.75) is 13.3 Å². The lowest BCUT2D eigenvalue weighted by Crippen LogP contribution is -2.12. The molecule has 0 spiro atoms. The third-order valence-electron chi connectivity index (χ3n) is 4.23. The fourth-order valence-electron chi connectivity index (χ4n) is 2.75. The van der Waals surface area contributed by atoms with E-state index < -0.39 is 11.9 Å². The molecule has 0 fully saturated rings. The van der Waals surface area contributed by atoms with Gasteiger partial charge in [0.2, 0.25) is 0 Å². The molecular formula is C24H21BrO5. The minimum absolute atomic E-state index is 0.297. The fraction of sp³-hybridized carbons (Fsp3) is 0.167. The van der Waals surface area contributed by atoms with E-state index in [0.29, 0.717) is 35.8 Å². The summed E-state index contributed by atoms with van der Waals surface area (Å²) in [5, 5.41) is 0. The average Bonchev–Trinajstić information content (AvgIpc) is 2.76. The van der Waals surface area contributed by atoms with Gasteiger partial charge in [0.15, 0.2) is 0 Å². The molecule has 3 aromatic carbocycles. The van der Waals surface area contributed by atoms with Gasteiger partial charge in [-0.15, -0.1) is 0 Å². The maximum atomic E-state index is 12.7. The summed E-state index contributed by atoms with van der Waals surface area (Å²) in [5.74, 6) is -0.197. The van der Waals surface area contributed by atoms with E-state index in [1.165, 1.54) is 0 Å². The first-order valence-electron chi connectivity index (χ1n) is 9.52. The topological polar surface area (TPSA) is 61.8 Å². The van der Waals surface area contributed by atoms with Crippen molar-refractivity contribution < 1.29 is 23.8 Å². The van der Waals surface area contributed by atoms with Crippen LogP contribution in [-0.4, -0.2) is 25.2 Å². The normalized spacial score (nSPS) is 10.3. The molecule has 0 aliphatic rings. The van der Waals surface area contributed by atoms with Crippen LogP contribution in [0.2, 0.25) is 0 Å². The third-order valence-corrected chi connectivity index (χ3v) is 4.72. The van der Waals surface area contributed by atoms with Crippen LogP contribution in [0, 0.1) is 0 Å². The Balaban J connectivity index is 1.67. The molecule has 0 amide bonds. The van der Waals surface area contributed by atoms with E-state index in [-0.39, 0.29) is 0 Å². The summed E-state index contributed by atoms with van der Waals surface area (Å²) in [6, 6.07) is 21.4. The van der Waals surface area contributed by atoms with E-state index in [0.717, 1.165) is 16.5 Å². The molecule has 5 nitrogen and oxygen atoms in total. The highest BCUT2D eigenvalue weighted by atomic mass is 79.9. The third kappa shape index (κ3) is 5.94. The summed E-state index contributed by atoms with van der Waals surface area (Å²) >= 11 is 3.38. The van der Waals surface area contributed by atoms with Crippen molar-refractivity contribution >= 4 is 27.9 Å². The Labute approximate surface area is 183 Å². The van der Waals surface area contributed by atoms with Crippen LogP contribution < -0.4 is 9.47 Å². The van der Waals surface area contributed by atoms with Gasteiger partial charge in [0.25, 0.3) is 0 Å². The molecule has 0 saturated heterocycles. The molecule has 0 N–H and O–H groups in total. The summed E-state index contributed by atoms with van der Waals surface area (Å²) < 4.78 is 17.0. The second-order valence-corrected chi connectivity index (χ2v) is 7.27. The van der Waals surface area contributed by atoms with Crippen LogP contribution in [0.25, 0.3) is 0 Å². The van der Waals surface area contributed by atoms with Gasteiger partial charge < -0.3 is 14.2 Å². The minimum Gasteiger partial charge on any atom is -0.492 e. The fourth-order valence-corrected chi connectivity index (χ4v) is 3.11. The molecular weight excluding hydrogens is 448 g/mol. The zero-order valence-corrected chi connectivity index (χ0v) is 18.1. The van der Waals surface area contributed by atoms with Gasteiger partial charge >= 0.3 is 11.9 Å². The van der Waals surface area contributed by atoms with Crippen LogP contribution in [0.3, 0.4) is 0 Å². The van der Waals surface area contributed by atoms with Crippen molar-refractivity contribution in [3.63, 3.8) is 0 Å². The molecule has 0 aromatic heterocycles. The molecule has 0 atom stereocenters. The molecule has 0 aliphatic carbocycles. The minimum atomic E-state index is -0.546. The number of rotatable bonds is 8. The van der Waals surface area contributed by atoms with Crippen LogP contribution in [0.4, 0.5) is 0 Å². The van der Waals surface area contributed by atoms with Crippen LogP contribution in [0.1, 0.15) is 33.2 Å². The lowest BCUT2D eigenvalue weighted by Gasteiger charge is -2.12. The van der Waals surface area contributed by atoms with Crippen molar-refractivity contribution in [1.29, 1.82) is 0 Å². The smallest absolute Gasteiger partial charge is 0.347 e. The number of hydrogen-bond donors (Lipinski definition) is 0. The Hall–Kier alpha value is -3.12. The summed E-state index contributed by atoms with van der Waals surface area (Å²) in [6.07, 6.45) is 0.723. The van der Waals surface area contributed by atoms with E-state index in [2.05, 4.69) is 15.9 Å². The van der Waals surface area contributed by atoms with Crippen LogP contribution in [0.15, 0.2) is 77.3 Å². The quantitative estimate of drug-likeness (QED) is 0.324. The van der Waals surface area contributed by atoms with E-state index in [1.807, 2.05) is 36.4 Å². The van der Waals surface area contributed by atoms with Crippen LogP contribution in [-0.2, 0) is 11.2 Å². The SMILES string of the molecule is CCOC(=O)c1ccc(OC(=O)c2cc(Br)ccc2OCCc2ccccc2)cc1. The number of benzene rings is 3. The summed E-state index contributed by atoms with van der Waals surface area (Å²) in [6.45, 7) is 2.47. The van der Waals surface area contributed by atoms with Gasteiger partial charge in [-0.1, -0.05) is 46.3 Å². The molecule has 0 aliphatic heterocycles. The van der Waals surface area contributed by atoms with Gasteiger partial charge in [-0.05, 0) is 55.0 Å². The molecule has 0 saturated carbocycles. The summed E-state index contributed by atoms with van der Waals surface area (Å²) in [5.41, 5.74) is 1.86. The lowest BCUT2D eigenvalue weighted by atomic mass is 10.1. The van der Waals surface area contributed by atoms with Gasteiger partial charge in [0.1, 0.15) is 17.1 Å². The number of ether oxygens (including phenoxy) is 3. The molecule has 0 bridgehead atoms. The standard InChI is InChI=1S/C24H21BrO5/c1-2-28-23(26)18-8-11-20(12-9-18)30-24(27)21-16-19(25)10-13-22(21)29-15-14-17-6-4-3-5-7-17/h3-13,16H,2,14-15H2,1H3. The first kappa shape index (κ1) is 21.6. The average molecular weight is 469 g/mol. The first-order chi connectivity index (χ1) is 14.6. The van der Waals surface area contributed by atoms with Crippen molar-refractivity contribution in [1.82, 2.24) is 0 Å². The summed E-state index contributed by atoms with van der Waals surface area (Å²) in [4.78, 5) is 24.5. The highest BCUT2D eigenvalue weighted by molar-refractivity contribution is 9.10.